The first-order valence-corrected chi connectivity index (χ1v) is 5.63. The number of amides is 1. The Labute approximate surface area is 95.3 Å². The van der Waals surface area contributed by atoms with Gasteiger partial charge in [-0.15, -0.1) is 0 Å². The van der Waals surface area contributed by atoms with Crippen LogP contribution in [-0.2, 0) is 4.79 Å². The van der Waals surface area contributed by atoms with E-state index < -0.39 is 0 Å². The number of pyridine rings is 1. The SMILES string of the molecule is CC1(C(=O)Nc2ccc(N)nc2)CCCC1. The van der Waals surface area contributed by atoms with E-state index in [0.717, 1.165) is 25.7 Å². The van der Waals surface area contributed by atoms with Crippen LogP contribution in [0.3, 0.4) is 0 Å². The molecule has 1 aliphatic rings. The van der Waals surface area contributed by atoms with Crippen LogP contribution in [0.4, 0.5) is 11.5 Å². The van der Waals surface area contributed by atoms with Crippen LogP contribution in [0.5, 0.6) is 0 Å². The first kappa shape index (κ1) is 10.9. The summed E-state index contributed by atoms with van der Waals surface area (Å²) in [6.45, 7) is 2.03. The zero-order valence-electron chi connectivity index (χ0n) is 9.49. The highest BCUT2D eigenvalue weighted by molar-refractivity contribution is 5.95. The van der Waals surface area contributed by atoms with Gasteiger partial charge in [-0.2, -0.15) is 0 Å². The Hall–Kier alpha value is -1.58. The van der Waals surface area contributed by atoms with E-state index in [1.54, 1.807) is 18.3 Å². The maximum atomic E-state index is 12.1. The van der Waals surface area contributed by atoms with Gasteiger partial charge in [0.2, 0.25) is 5.91 Å². The molecule has 0 spiro atoms. The van der Waals surface area contributed by atoms with E-state index in [0.29, 0.717) is 11.5 Å². The topological polar surface area (TPSA) is 68.0 Å². The van der Waals surface area contributed by atoms with Gasteiger partial charge < -0.3 is 11.1 Å². The first-order chi connectivity index (χ1) is 7.60. The van der Waals surface area contributed by atoms with E-state index in [9.17, 15) is 4.79 Å². The number of anilines is 2. The predicted octanol–water partition coefficient (Wildman–Crippen LogP) is 2.18. The number of nitrogens with zero attached hydrogens (tertiary/aromatic N) is 1. The molecule has 1 aliphatic carbocycles. The molecule has 1 fully saturated rings. The maximum Gasteiger partial charge on any atom is 0.230 e. The van der Waals surface area contributed by atoms with Gasteiger partial charge in [-0.3, -0.25) is 4.79 Å². The number of carbonyl (C=O) groups is 1. The molecule has 0 atom stereocenters. The standard InChI is InChI=1S/C12H17N3O/c1-12(6-2-3-7-12)11(16)15-9-4-5-10(13)14-8-9/h4-5,8H,2-3,6-7H2,1H3,(H2,13,14)(H,15,16). The minimum absolute atomic E-state index is 0.0940. The van der Waals surface area contributed by atoms with E-state index in [4.69, 9.17) is 5.73 Å². The molecule has 0 aromatic carbocycles. The largest absolute Gasteiger partial charge is 0.384 e. The third kappa shape index (κ3) is 2.15. The molecule has 86 valence electrons. The number of hydrogen-bond donors (Lipinski definition) is 2. The molecule has 0 aliphatic heterocycles. The van der Waals surface area contributed by atoms with Crippen molar-refractivity contribution in [3.8, 4) is 0 Å². The van der Waals surface area contributed by atoms with Crippen LogP contribution in [0.1, 0.15) is 32.6 Å². The zero-order chi connectivity index (χ0) is 11.6. The lowest BCUT2D eigenvalue weighted by Gasteiger charge is -2.22. The molecule has 0 radical (unpaired) electrons. The van der Waals surface area contributed by atoms with Gasteiger partial charge in [-0.05, 0) is 25.0 Å². The summed E-state index contributed by atoms with van der Waals surface area (Å²) >= 11 is 0. The summed E-state index contributed by atoms with van der Waals surface area (Å²) in [6, 6.07) is 3.46. The van der Waals surface area contributed by atoms with E-state index in [2.05, 4.69) is 10.3 Å². The Morgan fingerprint density at radius 1 is 1.44 bits per heavy atom. The van der Waals surface area contributed by atoms with Crippen molar-refractivity contribution in [1.82, 2.24) is 4.98 Å². The molecule has 1 aromatic heterocycles. The number of nitrogens with one attached hydrogen (secondary N) is 1. The molecule has 1 aromatic rings. The summed E-state index contributed by atoms with van der Waals surface area (Å²) in [6.07, 6.45) is 5.82. The van der Waals surface area contributed by atoms with Gasteiger partial charge in [0.1, 0.15) is 5.82 Å². The summed E-state index contributed by atoms with van der Waals surface area (Å²) in [5, 5.41) is 2.89. The molecule has 1 amide bonds. The van der Waals surface area contributed by atoms with Crippen LogP contribution in [0.2, 0.25) is 0 Å². The highest BCUT2D eigenvalue weighted by Crippen LogP contribution is 2.38. The number of hydrogen-bond acceptors (Lipinski definition) is 3. The Bertz CT molecular complexity index is 380. The van der Waals surface area contributed by atoms with E-state index in [-0.39, 0.29) is 11.3 Å². The summed E-state index contributed by atoms with van der Waals surface area (Å²) in [5.41, 5.74) is 5.99. The average Bonchev–Trinajstić information content (AvgIpc) is 2.70. The minimum atomic E-state index is -0.207. The van der Waals surface area contributed by atoms with Gasteiger partial charge in [-0.1, -0.05) is 19.8 Å². The number of carbonyl (C=O) groups excluding carboxylic acids is 1. The van der Waals surface area contributed by atoms with E-state index >= 15 is 0 Å². The van der Waals surface area contributed by atoms with Gasteiger partial charge in [0.15, 0.2) is 0 Å². The Balaban J connectivity index is 2.04. The molecule has 0 saturated heterocycles. The molecule has 3 N–H and O–H groups in total. The quantitative estimate of drug-likeness (QED) is 0.801. The van der Waals surface area contributed by atoms with Crippen molar-refractivity contribution in [3.05, 3.63) is 18.3 Å². The van der Waals surface area contributed by atoms with Crippen LogP contribution in [0.25, 0.3) is 0 Å². The summed E-state index contributed by atoms with van der Waals surface area (Å²) in [5.74, 6) is 0.557. The fourth-order valence-corrected chi connectivity index (χ4v) is 2.14. The first-order valence-electron chi connectivity index (χ1n) is 5.63. The molecule has 0 bridgehead atoms. The summed E-state index contributed by atoms with van der Waals surface area (Å²) < 4.78 is 0. The summed E-state index contributed by atoms with van der Waals surface area (Å²) in [4.78, 5) is 16.0. The second-order valence-corrected chi connectivity index (χ2v) is 4.69. The molecule has 0 unspecified atom stereocenters. The van der Waals surface area contributed by atoms with Crippen molar-refractivity contribution >= 4 is 17.4 Å². The van der Waals surface area contributed by atoms with Crippen LogP contribution < -0.4 is 11.1 Å². The van der Waals surface area contributed by atoms with Crippen LogP contribution in [0, 0.1) is 5.41 Å². The molecule has 4 heteroatoms. The molecule has 1 heterocycles. The highest BCUT2D eigenvalue weighted by Gasteiger charge is 2.36. The zero-order valence-corrected chi connectivity index (χ0v) is 9.49. The second kappa shape index (κ2) is 4.12. The van der Waals surface area contributed by atoms with Crippen LogP contribution in [-0.4, -0.2) is 10.9 Å². The summed E-state index contributed by atoms with van der Waals surface area (Å²) in [7, 11) is 0. The normalized spacial score (nSPS) is 18.3. The van der Waals surface area contributed by atoms with Crippen LogP contribution in [0.15, 0.2) is 18.3 Å². The van der Waals surface area contributed by atoms with Gasteiger partial charge in [0.05, 0.1) is 11.9 Å². The van der Waals surface area contributed by atoms with Crippen molar-refractivity contribution in [2.24, 2.45) is 5.41 Å². The molecule has 16 heavy (non-hydrogen) atoms. The molecule has 4 nitrogen and oxygen atoms in total. The highest BCUT2D eigenvalue weighted by atomic mass is 16.2. The third-order valence-electron chi connectivity index (χ3n) is 3.30. The van der Waals surface area contributed by atoms with E-state index in [1.165, 1.54) is 0 Å². The second-order valence-electron chi connectivity index (χ2n) is 4.69. The van der Waals surface area contributed by atoms with E-state index in [1.807, 2.05) is 6.92 Å². The van der Waals surface area contributed by atoms with Crippen molar-refractivity contribution < 1.29 is 4.79 Å². The Morgan fingerprint density at radius 2 is 2.12 bits per heavy atom. The number of rotatable bonds is 2. The third-order valence-corrected chi connectivity index (χ3v) is 3.30. The average molecular weight is 219 g/mol. The maximum absolute atomic E-state index is 12.1. The van der Waals surface area contributed by atoms with Crippen molar-refractivity contribution in [2.75, 3.05) is 11.1 Å². The molecule has 1 saturated carbocycles. The number of nitrogen functional groups attached to an aromatic ring is 1. The number of nitrogens with two attached hydrogens (primary N) is 1. The lowest BCUT2D eigenvalue weighted by atomic mass is 9.88. The van der Waals surface area contributed by atoms with Crippen molar-refractivity contribution in [3.63, 3.8) is 0 Å². The Morgan fingerprint density at radius 3 is 2.69 bits per heavy atom. The van der Waals surface area contributed by atoms with Gasteiger partial charge in [0, 0.05) is 5.41 Å². The van der Waals surface area contributed by atoms with Gasteiger partial charge in [-0.25, -0.2) is 4.98 Å². The smallest absolute Gasteiger partial charge is 0.230 e. The van der Waals surface area contributed by atoms with Crippen molar-refractivity contribution in [1.29, 1.82) is 0 Å². The lowest BCUT2D eigenvalue weighted by Crippen LogP contribution is -2.30. The Kier molecular flexibility index (Phi) is 2.81. The lowest BCUT2D eigenvalue weighted by molar-refractivity contribution is -0.124. The molecule has 2 rings (SSSR count). The van der Waals surface area contributed by atoms with Crippen LogP contribution >= 0.6 is 0 Å². The molecular weight excluding hydrogens is 202 g/mol. The minimum Gasteiger partial charge on any atom is -0.384 e. The fraction of sp³-hybridized carbons (Fsp3) is 0.500. The van der Waals surface area contributed by atoms with Crippen molar-refractivity contribution in [2.45, 2.75) is 32.6 Å². The fourth-order valence-electron chi connectivity index (χ4n) is 2.14. The van der Waals surface area contributed by atoms with Gasteiger partial charge in [0.25, 0.3) is 0 Å². The predicted molar refractivity (Wildman–Crippen MR) is 63.9 cm³/mol. The van der Waals surface area contributed by atoms with Gasteiger partial charge >= 0.3 is 0 Å². The monoisotopic (exact) mass is 219 g/mol. The molecular formula is C12H17N3O. The number of aromatic nitrogens is 1.